The predicted molar refractivity (Wildman–Crippen MR) is 77.8 cm³/mol. The van der Waals surface area contributed by atoms with Crippen LogP contribution >= 0.6 is 0 Å². The summed E-state index contributed by atoms with van der Waals surface area (Å²) < 4.78 is 40.1. The fraction of sp³-hybridized carbons (Fsp3) is 0.200. The van der Waals surface area contributed by atoms with Crippen molar-refractivity contribution in [3.8, 4) is 0 Å². The van der Waals surface area contributed by atoms with Crippen molar-refractivity contribution < 1.29 is 12.8 Å². The molecule has 5 heteroatoms. The first-order valence-corrected chi connectivity index (χ1v) is 7.78. The lowest BCUT2D eigenvalue weighted by atomic mass is 10.2. The molecule has 2 rings (SSSR count). The first-order valence-electron chi connectivity index (χ1n) is 6.30. The van der Waals surface area contributed by atoms with Crippen LogP contribution in [0.4, 0.5) is 10.1 Å². The second-order valence-electron chi connectivity index (χ2n) is 4.56. The summed E-state index contributed by atoms with van der Waals surface area (Å²) in [4.78, 5) is 0.165. The first kappa shape index (κ1) is 14.5. The number of hydrogen-bond acceptors (Lipinski definition) is 2. The zero-order valence-electron chi connectivity index (χ0n) is 11.4. The monoisotopic (exact) mass is 293 g/mol. The molecule has 3 nitrogen and oxygen atoms in total. The Labute approximate surface area is 118 Å². The summed E-state index contributed by atoms with van der Waals surface area (Å²) in [5, 5.41) is 0. The van der Waals surface area contributed by atoms with Crippen LogP contribution in [0.25, 0.3) is 0 Å². The van der Waals surface area contributed by atoms with Gasteiger partial charge < -0.3 is 0 Å². The SMILES string of the molecule is CCc1ccc(S(=O)(=O)Nc2cc(F)ccc2C)cc1. The third-order valence-corrected chi connectivity index (χ3v) is 4.47. The van der Waals surface area contributed by atoms with Crippen LogP contribution in [0, 0.1) is 12.7 Å². The van der Waals surface area contributed by atoms with Crippen LogP contribution in [0.3, 0.4) is 0 Å². The number of nitrogens with one attached hydrogen (secondary N) is 1. The van der Waals surface area contributed by atoms with Crippen molar-refractivity contribution in [2.75, 3.05) is 4.72 Å². The van der Waals surface area contributed by atoms with Gasteiger partial charge in [0.15, 0.2) is 0 Å². The zero-order valence-corrected chi connectivity index (χ0v) is 12.2. The second-order valence-corrected chi connectivity index (χ2v) is 6.24. The van der Waals surface area contributed by atoms with E-state index in [-0.39, 0.29) is 10.6 Å². The van der Waals surface area contributed by atoms with E-state index >= 15 is 0 Å². The van der Waals surface area contributed by atoms with E-state index in [4.69, 9.17) is 0 Å². The van der Waals surface area contributed by atoms with Gasteiger partial charge in [-0.25, -0.2) is 12.8 Å². The number of benzene rings is 2. The summed E-state index contributed by atoms with van der Waals surface area (Å²) in [6, 6.07) is 10.6. The first-order chi connectivity index (χ1) is 9.42. The molecule has 0 atom stereocenters. The van der Waals surface area contributed by atoms with Crippen LogP contribution in [0.15, 0.2) is 47.4 Å². The van der Waals surface area contributed by atoms with Crippen LogP contribution in [0.1, 0.15) is 18.1 Å². The summed E-state index contributed by atoms with van der Waals surface area (Å²) in [5.41, 5.74) is 1.98. The fourth-order valence-corrected chi connectivity index (χ4v) is 2.93. The Morgan fingerprint density at radius 1 is 1.10 bits per heavy atom. The summed E-state index contributed by atoms with van der Waals surface area (Å²) >= 11 is 0. The highest BCUT2D eigenvalue weighted by Crippen LogP contribution is 2.21. The standard InChI is InChI=1S/C15H16FNO2S/c1-3-12-5-8-14(9-6-12)20(18,19)17-15-10-13(16)7-4-11(15)2/h4-10,17H,3H2,1-2H3. The fourth-order valence-electron chi connectivity index (χ4n) is 1.81. The number of hydrogen-bond donors (Lipinski definition) is 1. The van der Waals surface area contributed by atoms with Crippen molar-refractivity contribution in [1.82, 2.24) is 0 Å². The van der Waals surface area contributed by atoms with Gasteiger partial charge in [0.25, 0.3) is 10.0 Å². The molecule has 20 heavy (non-hydrogen) atoms. The Kier molecular flexibility index (Phi) is 4.09. The Hall–Kier alpha value is -1.88. The number of anilines is 1. The molecule has 1 N–H and O–H groups in total. The molecule has 0 bridgehead atoms. The molecule has 0 aliphatic carbocycles. The molecule has 0 amide bonds. The van der Waals surface area contributed by atoms with E-state index in [2.05, 4.69) is 4.72 Å². The molecular formula is C15H16FNO2S. The van der Waals surface area contributed by atoms with Crippen molar-refractivity contribution in [1.29, 1.82) is 0 Å². The number of rotatable bonds is 4. The Bertz CT molecular complexity index is 709. The molecule has 2 aromatic carbocycles. The van der Waals surface area contributed by atoms with Crippen molar-refractivity contribution >= 4 is 15.7 Å². The minimum absolute atomic E-state index is 0.165. The van der Waals surface area contributed by atoms with Crippen LogP contribution < -0.4 is 4.72 Å². The maximum Gasteiger partial charge on any atom is 0.261 e. The highest BCUT2D eigenvalue weighted by Gasteiger charge is 2.15. The maximum absolute atomic E-state index is 13.2. The second kappa shape index (κ2) is 5.63. The quantitative estimate of drug-likeness (QED) is 0.938. The molecule has 2 aromatic rings. The predicted octanol–water partition coefficient (Wildman–Crippen LogP) is 3.50. The molecule has 106 valence electrons. The van der Waals surface area contributed by atoms with Crippen LogP contribution in [-0.4, -0.2) is 8.42 Å². The van der Waals surface area contributed by atoms with Crippen LogP contribution in [0.2, 0.25) is 0 Å². The number of halogens is 1. The molecule has 0 fully saturated rings. The Morgan fingerprint density at radius 3 is 2.35 bits per heavy atom. The summed E-state index contributed by atoms with van der Waals surface area (Å²) in [7, 11) is -3.69. The maximum atomic E-state index is 13.2. The minimum Gasteiger partial charge on any atom is -0.279 e. The largest absolute Gasteiger partial charge is 0.279 e. The normalized spacial score (nSPS) is 11.3. The van der Waals surface area contributed by atoms with Gasteiger partial charge in [-0.3, -0.25) is 4.72 Å². The van der Waals surface area contributed by atoms with Crippen LogP contribution in [-0.2, 0) is 16.4 Å². The smallest absolute Gasteiger partial charge is 0.261 e. The molecule has 0 aliphatic heterocycles. The highest BCUT2D eigenvalue weighted by atomic mass is 32.2. The van der Waals surface area contributed by atoms with Crippen LogP contribution in [0.5, 0.6) is 0 Å². The Balaban J connectivity index is 2.32. The molecule has 0 radical (unpaired) electrons. The molecule has 0 saturated heterocycles. The molecule has 0 aromatic heterocycles. The third kappa shape index (κ3) is 3.17. The van der Waals surface area contributed by atoms with Gasteiger partial charge >= 0.3 is 0 Å². The minimum atomic E-state index is -3.69. The van der Waals surface area contributed by atoms with E-state index in [1.54, 1.807) is 31.2 Å². The van der Waals surface area contributed by atoms with E-state index in [1.165, 1.54) is 18.2 Å². The average molecular weight is 293 g/mol. The molecule has 0 saturated carbocycles. The molecule has 0 aliphatic rings. The molecule has 0 heterocycles. The van der Waals surface area contributed by atoms with E-state index in [1.807, 2.05) is 6.92 Å². The van der Waals surface area contributed by atoms with E-state index in [0.29, 0.717) is 5.56 Å². The van der Waals surface area contributed by atoms with E-state index in [9.17, 15) is 12.8 Å². The van der Waals surface area contributed by atoms with Gasteiger partial charge in [-0.2, -0.15) is 0 Å². The lowest BCUT2D eigenvalue weighted by Gasteiger charge is -2.11. The van der Waals surface area contributed by atoms with E-state index in [0.717, 1.165) is 12.0 Å². The van der Waals surface area contributed by atoms with Gasteiger partial charge in [-0.05, 0) is 48.7 Å². The summed E-state index contributed by atoms with van der Waals surface area (Å²) in [5.74, 6) is -0.477. The third-order valence-electron chi connectivity index (χ3n) is 3.09. The number of sulfonamides is 1. The lowest BCUT2D eigenvalue weighted by molar-refractivity contribution is 0.601. The van der Waals surface area contributed by atoms with Crippen molar-refractivity contribution in [3.63, 3.8) is 0 Å². The summed E-state index contributed by atoms with van der Waals surface area (Å²) in [6.07, 6.45) is 0.844. The van der Waals surface area contributed by atoms with Gasteiger partial charge in [-0.15, -0.1) is 0 Å². The van der Waals surface area contributed by atoms with Gasteiger partial charge in [0, 0.05) is 0 Å². The van der Waals surface area contributed by atoms with Crippen molar-refractivity contribution in [3.05, 3.63) is 59.4 Å². The molecular weight excluding hydrogens is 277 g/mol. The lowest BCUT2D eigenvalue weighted by Crippen LogP contribution is -2.14. The summed E-state index contributed by atoms with van der Waals surface area (Å²) in [6.45, 7) is 3.72. The van der Waals surface area contributed by atoms with Gasteiger partial charge in [0.05, 0.1) is 10.6 Å². The topological polar surface area (TPSA) is 46.2 Å². The van der Waals surface area contributed by atoms with Crippen molar-refractivity contribution in [2.24, 2.45) is 0 Å². The zero-order chi connectivity index (χ0) is 14.8. The molecule has 0 unspecified atom stereocenters. The molecule has 0 spiro atoms. The number of aryl methyl sites for hydroxylation is 2. The Morgan fingerprint density at radius 2 is 1.75 bits per heavy atom. The highest BCUT2D eigenvalue weighted by molar-refractivity contribution is 7.92. The van der Waals surface area contributed by atoms with Gasteiger partial charge in [0.1, 0.15) is 5.82 Å². The van der Waals surface area contributed by atoms with Crippen molar-refractivity contribution in [2.45, 2.75) is 25.2 Å². The van der Waals surface area contributed by atoms with Gasteiger partial charge in [0.2, 0.25) is 0 Å². The average Bonchev–Trinajstić information content (AvgIpc) is 2.43. The van der Waals surface area contributed by atoms with E-state index < -0.39 is 15.8 Å². The van der Waals surface area contributed by atoms with Gasteiger partial charge in [-0.1, -0.05) is 25.1 Å².